The topological polar surface area (TPSA) is 107 Å². The number of nitrogens with two attached hydrogens (primary N) is 1. The van der Waals surface area contributed by atoms with Gasteiger partial charge in [-0.1, -0.05) is 0 Å². The van der Waals surface area contributed by atoms with Crippen molar-refractivity contribution < 1.29 is 35.0 Å². The number of hydrogen-bond donors (Lipinski definition) is 1. The summed E-state index contributed by atoms with van der Waals surface area (Å²) in [5, 5.41) is 0. The quantitative estimate of drug-likeness (QED) is 0.290. The van der Waals surface area contributed by atoms with E-state index in [1.807, 2.05) is 91.0 Å². The van der Waals surface area contributed by atoms with Gasteiger partial charge in [-0.15, -0.1) is 0 Å². The van der Waals surface area contributed by atoms with Crippen molar-refractivity contribution in [2.45, 2.75) is 0 Å². The van der Waals surface area contributed by atoms with Gasteiger partial charge in [0.25, 0.3) is 0 Å². The van der Waals surface area contributed by atoms with Gasteiger partial charge in [-0.25, -0.2) is 15.0 Å². The number of nitrogen functional groups attached to an aromatic ring is 1. The van der Waals surface area contributed by atoms with Crippen LogP contribution >= 0.6 is 0 Å². The summed E-state index contributed by atoms with van der Waals surface area (Å²) in [7, 11) is 7.86. The first kappa shape index (κ1) is 23.6. The van der Waals surface area contributed by atoms with Crippen LogP contribution in [0.25, 0.3) is 22.1 Å². The monoisotopic (exact) mass is 389 g/mol. The van der Waals surface area contributed by atoms with Crippen LogP contribution in [0.15, 0.2) is 53.8 Å². The Hall–Kier alpha value is -2.39. The Morgan fingerprint density at radius 1 is 0.893 bits per heavy atom. The van der Waals surface area contributed by atoms with E-state index in [-0.39, 0.29) is 35.0 Å². The molecule has 0 unspecified atom stereocenters. The molecule has 0 amide bonds. The first-order chi connectivity index (χ1) is 12.4. The number of fused-ring (bicyclic) bond motifs is 2. The second-order valence-corrected chi connectivity index (χ2v) is 6.28. The summed E-state index contributed by atoms with van der Waals surface area (Å²) in [5.41, 5.74) is 9.68. The van der Waals surface area contributed by atoms with Crippen molar-refractivity contribution in [2.24, 2.45) is 19.1 Å². The Morgan fingerprint density at radius 3 is 2.00 bits per heavy atom. The van der Waals surface area contributed by atoms with Crippen molar-refractivity contribution in [3.63, 3.8) is 0 Å². The number of pyridine rings is 2. The number of aliphatic imine (C=N–C) groups is 1. The molecule has 4 aromatic rings. The second kappa shape index (κ2) is 10.2. The van der Waals surface area contributed by atoms with Crippen LogP contribution in [0.3, 0.4) is 0 Å². The molecular formula is C19H24N7NaO. The van der Waals surface area contributed by atoms with Gasteiger partial charge in [-0.3, -0.25) is 0 Å². The fourth-order valence-electron chi connectivity index (χ4n) is 2.55. The Balaban J connectivity index is 0.000000271. The molecular weight excluding hydrogens is 365 g/mol. The molecule has 28 heavy (non-hydrogen) atoms. The average molecular weight is 389 g/mol. The number of hydrogen-bond acceptors (Lipinski definition) is 5. The molecule has 142 valence electrons. The van der Waals surface area contributed by atoms with Crippen molar-refractivity contribution in [1.29, 1.82) is 0 Å². The van der Waals surface area contributed by atoms with E-state index in [0.29, 0.717) is 5.82 Å². The SMILES string of the molecule is CN(C)C=Nc1ccc2c(ccn2C)n1.Cn1ccc2nc(N)ccc21.[Na+].[OH-]. The maximum atomic E-state index is 5.51. The Labute approximate surface area is 186 Å². The van der Waals surface area contributed by atoms with Gasteiger partial charge in [-0.05, 0) is 36.4 Å². The van der Waals surface area contributed by atoms with E-state index in [0.717, 1.165) is 27.9 Å². The molecule has 3 N–H and O–H groups in total. The molecule has 0 spiro atoms. The molecule has 0 atom stereocenters. The normalized spacial score (nSPS) is 10.3. The Morgan fingerprint density at radius 2 is 1.43 bits per heavy atom. The smallest absolute Gasteiger partial charge is 0.870 e. The molecule has 0 saturated carbocycles. The van der Waals surface area contributed by atoms with Gasteiger partial charge in [0.15, 0.2) is 5.82 Å². The van der Waals surface area contributed by atoms with Crippen LogP contribution in [0, 0.1) is 0 Å². The molecule has 0 aliphatic carbocycles. The van der Waals surface area contributed by atoms with Crippen LogP contribution < -0.4 is 35.3 Å². The summed E-state index contributed by atoms with van der Waals surface area (Å²) in [6.07, 6.45) is 5.71. The summed E-state index contributed by atoms with van der Waals surface area (Å²) in [6, 6.07) is 11.7. The van der Waals surface area contributed by atoms with Crippen molar-refractivity contribution in [2.75, 3.05) is 19.8 Å². The van der Waals surface area contributed by atoms with E-state index in [1.165, 1.54) is 0 Å². The maximum absolute atomic E-state index is 5.51. The summed E-state index contributed by atoms with van der Waals surface area (Å²) in [6.45, 7) is 0. The predicted octanol–water partition coefficient (Wildman–Crippen LogP) is -0.223. The van der Waals surface area contributed by atoms with E-state index < -0.39 is 0 Å². The minimum atomic E-state index is 0. The van der Waals surface area contributed by atoms with E-state index in [4.69, 9.17) is 5.73 Å². The molecule has 0 radical (unpaired) electrons. The van der Waals surface area contributed by atoms with Crippen LogP contribution in [-0.4, -0.2) is 49.9 Å². The van der Waals surface area contributed by atoms with Crippen LogP contribution in [-0.2, 0) is 14.1 Å². The summed E-state index contributed by atoms with van der Waals surface area (Å²) in [4.78, 5) is 14.7. The minimum Gasteiger partial charge on any atom is -0.870 e. The van der Waals surface area contributed by atoms with E-state index in [1.54, 1.807) is 6.34 Å². The van der Waals surface area contributed by atoms with E-state index in [2.05, 4.69) is 15.0 Å². The van der Waals surface area contributed by atoms with Crippen molar-refractivity contribution in [3.05, 3.63) is 48.8 Å². The zero-order valence-electron chi connectivity index (χ0n) is 16.9. The van der Waals surface area contributed by atoms with Gasteiger partial charge in [0, 0.05) is 40.6 Å². The first-order valence-electron chi connectivity index (χ1n) is 8.24. The van der Waals surface area contributed by atoms with Crippen LogP contribution in [0.1, 0.15) is 0 Å². The minimum absolute atomic E-state index is 0. The number of anilines is 1. The van der Waals surface area contributed by atoms with Crippen molar-refractivity contribution >= 4 is 40.0 Å². The second-order valence-electron chi connectivity index (χ2n) is 6.28. The molecule has 0 saturated heterocycles. The molecule has 8 nitrogen and oxygen atoms in total. The third kappa shape index (κ3) is 5.56. The van der Waals surface area contributed by atoms with E-state index >= 15 is 0 Å². The van der Waals surface area contributed by atoms with Crippen molar-refractivity contribution in [1.82, 2.24) is 24.0 Å². The van der Waals surface area contributed by atoms with Gasteiger partial charge in [0.05, 0.1) is 28.4 Å². The summed E-state index contributed by atoms with van der Waals surface area (Å²) >= 11 is 0. The third-order valence-electron chi connectivity index (χ3n) is 3.90. The molecule has 0 aliphatic rings. The number of aryl methyl sites for hydroxylation is 2. The number of rotatable bonds is 2. The molecule has 0 fully saturated rings. The van der Waals surface area contributed by atoms with Gasteiger partial charge in [-0.2, -0.15) is 0 Å². The van der Waals surface area contributed by atoms with Crippen LogP contribution in [0.5, 0.6) is 0 Å². The van der Waals surface area contributed by atoms with Gasteiger partial charge in [0.2, 0.25) is 0 Å². The average Bonchev–Trinajstić information content (AvgIpc) is 3.16. The van der Waals surface area contributed by atoms with Crippen LogP contribution in [0.4, 0.5) is 11.6 Å². The molecule has 0 aliphatic heterocycles. The molecule has 4 heterocycles. The fourth-order valence-corrected chi connectivity index (χ4v) is 2.55. The third-order valence-corrected chi connectivity index (χ3v) is 3.90. The predicted molar refractivity (Wildman–Crippen MR) is 110 cm³/mol. The van der Waals surface area contributed by atoms with Crippen molar-refractivity contribution in [3.8, 4) is 0 Å². The molecule has 9 heteroatoms. The zero-order chi connectivity index (χ0) is 18.7. The van der Waals surface area contributed by atoms with Gasteiger partial charge in [0.1, 0.15) is 5.82 Å². The Kier molecular flexibility index (Phi) is 8.64. The summed E-state index contributed by atoms with van der Waals surface area (Å²) < 4.78 is 4.06. The maximum Gasteiger partial charge on any atom is 1.00 e. The molecule has 4 aromatic heterocycles. The number of nitrogens with zero attached hydrogens (tertiary/aromatic N) is 6. The zero-order valence-corrected chi connectivity index (χ0v) is 18.9. The number of aromatic nitrogens is 4. The molecule has 0 bridgehead atoms. The largest absolute Gasteiger partial charge is 1.00 e. The standard InChI is InChI=1S/C11H14N4.C8H9N3.Na.H2O/c1-14(2)8-12-11-5-4-10-9(13-11)6-7-15(10)3;1-11-5-4-6-7(11)2-3-8(9)10-6;;/h4-8H,1-3H3;2-5H,1H3,(H2,9,10);;1H2/q;;+1;/p-1. The van der Waals surface area contributed by atoms with E-state index in [9.17, 15) is 0 Å². The first-order valence-corrected chi connectivity index (χ1v) is 8.24. The van der Waals surface area contributed by atoms with Crippen LogP contribution in [0.2, 0.25) is 0 Å². The molecule has 4 rings (SSSR count). The Bertz CT molecular complexity index is 1070. The van der Waals surface area contributed by atoms with Gasteiger partial charge < -0.3 is 25.2 Å². The molecule has 0 aromatic carbocycles. The summed E-state index contributed by atoms with van der Waals surface area (Å²) in [5.74, 6) is 1.31. The van der Waals surface area contributed by atoms with Gasteiger partial charge >= 0.3 is 29.6 Å². The fraction of sp³-hybridized carbons (Fsp3) is 0.211.